The minimum atomic E-state index is -0.218. The van der Waals surface area contributed by atoms with E-state index in [0.717, 1.165) is 58.0 Å². The van der Waals surface area contributed by atoms with E-state index in [4.69, 9.17) is 14.2 Å². The number of esters is 2. The van der Waals surface area contributed by atoms with E-state index in [1.54, 1.807) is 0 Å². The lowest BCUT2D eigenvalue weighted by Gasteiger charge is -2.27. The van der Waals surface area contributed by atoms with Gasteiger partial charge in [0.15, 0.2) is 6.29 Å². The van der Waals surface area contributed by atoms with Crippen molar-refractivity contribution in [2.45, 2.75) is 77.1 Å². The van der Waals surface area contributed by atoms with Gasteiger partial charge in [0, 0.05) is 25.9 Å². The molecule has 4 atom stereocenters. The number of rotatable bonds is 10. The second kappa shape index (κ2) is 12.1. The molecule has 0 aromatic heterocycles. The van der Waals surface area contributed by atoms with Crippen LogP contribution in [0.25, 0.3) is 0 Å². The summed E-state index contributed by atoms with van der Waals surface area (Å²) in [4.78, 5) is 22.6. The highest BCUT2D eigenvalue weighted by molar-refractivity contribution is 5.69. The molecule has 0 N–H and O–H groups in total. The van der Waals surface area contributed by atoms with Crippen molar-refractivity contribution in [3.63, 3.8) is 0 Å². The van der Waals surface area contributed by atoms with Crippen LogP contribution < -0.4 is 0 Å². The van der Waals surface area contributed by atoms with Crippen molar-refractivity contribution in [2.24, 2.45) is 11.8 Å². The Morgan fingerprint density at radius 2 is 2.00 bits per heavy atom. The molecule has 1 aliphatic carbocycles. The number of carbonyl (C=O) groups is 2. The van der Waals surface area contributed by atoms with Crippen LogP contribution in [0.1, 0.15) is 64.7 Å². The van der Waals surface area contributed by atoms with Crippen molar-refractivity contribution in [1.82, 2.24) is 0 Å². The Kier molecular flexibility index (Phi) is 9.84. The van der Waals surface area contributed by atoms with Gasteiger partial charge in [0.1, 0.15) is 6.10 Å². The van der Waals surface area contributed by atoms with Gasteiger partial charge in [-0.1, -0.05) is 12.2 Å². The van der Waals surface area contributed by atoms with E-state index in [1.165, 1.54) is 14.0 Å². The highest BCUT2D eigenvalue weighted by atomic mass is 16.7. The molecule has 2 rings (SSSR count). The summed E-state index contributed by atoms with van der Waals surface area (Å²) < 4.78 is 21.8. The zero-order chi connectivity index (χ0) is 19.5. The van der Waals surface area contributed by atoms with Crippen molar-refractivity contribution >= 4 is 11.9 Å². The van der Waals surface area contributed by atoms with Crippen molar-refractivity contribution in [3.8, 4) is 0 Å². The van der Waals surface area contributed by atoms with Crippen LogP contribution in [0.15, 0.2) is 12.2 Å². The molecule has 6 nitrogen and oxygen atoms in total. The molecule has 0 bridgehead atoms. The number of unbranched alkanes of at least 4 members (excludes halogenated alkanes) is 1. The molecule has 1 saturated heterocycles. The van der Waals surface area contributed by atoms with E-state index in [-0.39, 0.29) is 30.3 Å². The highest BCUT2D eigenvalue weighted by Gasteiger charge is 2.37. The van der Waals surface area contributed by atoms with Crippen LogP contribution in [0.4, 0.5) is 0 Å². The molecule has 154 valence electrons. The zero-order valence-corrected chi connectivity index (χ0v) is 16.7. The number of hydrogen-bond acceptors (Lipinski definition) is 6. The molecule has 0 aromatic rings. The largest absolute Gasteiger partial charge is 0.469 e. The number of hydrogen-bond donors (Lipinski definition) is 0. The molecular formula is C21H34O6. The van der Waals surface area contributed by atoms with Gasteiger partial charge in [-0.15, -0.1) is 0 Å². The Labute approximate surface area is 162 Å². The quantitative estimate of drug-likeness (QED) is 0.325. The molecule has 0 spiro atoms. The summed E-state index contributed by atoms with van der Waals surface area (Å²) >= 11 is 0. The molecule has 2 aliphatic rings. The van der Waals surface area contributed by atoms with Gasteiger partial charge in [-0.05, 0) is 57.3 Å². The lowest BCUT2D eigenvalue weighted by atomic mass is 9.91. The van der Waals surface area contributed by atoms with Gasteiger partial charge in [-0.2, -0.15) is 0 Å². The van der Waals surface area contributed by atoms with Crippen molar-refractivity contribution in [2.75, 3.05) is 20.3 Å². The van der Waals surface area contributed by atoms with E-state index < -0.39 is 0 Å². The van der Waals surface area contributed by atoms with E-state index in [1.807, 2.05) is 0 Å². The van der Waals surface area contributed by atoms with Crippen LogP contribution in [-0.2, 0) is 28.5 Å². The van der Waals surface area contributed by atoms with Crippen LogP contribution in [-0.4, -0.2) is 44.7 Å². The van der Waals surface area contributed by atoms with Crippen LogP contribution >= 0.6 is 0 Å². The third kappa shape index (κ3) is 8.01. The second-order valence-electron chi connectivity index (χ2n) is 7.45. The topological polar surface area (TPSA) is 71.1 Å². The van der Waals surface area contributed by atoms with Crippen LogP contribution in [0.3, 0.4) is 0 Å². The van der Waals surface area contributed by atoms with Gasteiger partial charge in [0.05, 0.1) is 13.7 Å². The molecule has 2 fully saturated rings. The zero-order valence-electron chi connectivity index (χ0n) is 16.7. The number of carbonyl (C=O) groups excluding carboxylic acids is 2. The van der Waals surface area contributed by atoms with E-state index in [9.17, 15) is 9.59 Å². The fourth-order valence-electron chi connectivity index (χ4n) is 3.93. The maximum absolute atomic E-state index is 11.4. The lowest BCUT2D eigenvalue weighted by Crippen LogP contribution is -2.29. The standard InChI is InChI=1S/C21H34O6/c1-16(22)27-19-13-12-17(15-26-21-11-7-8-14-25-21)18(19)9-5-3-4-6-10-20(23)24-2/h3,5,17-19,21H,4,6-15H2,1-2H3/t17-,18+,19-,21?/m0/s1. The first-order chi connectivity index (χ1) is 13.1. The van der Waals surface area contributed by atoms with Gasteiger partial charge in [-0.25, -0.2) is 0 Å². The monoisotopic (exact) mass is 382 g/mol. The Hall–Kier alpha value is -1.40. The second-order valence-corrected chi connectivity index (χ2v) is 7.45. The predicted molar refractivity (Wildman–Crippen MR) is 101 cm³/mol. The first-order valence-corrected chi connectivity index (χ1v) is 10.2. The first-order valence-electron chi connectivity index (χ1n) is 10.2. The Morgan fingerprint density at radius 3 is 2.70 bits per heavy atom. The van der Waals surface area contributed by atoms with Gasteiger partial charge in [0.25, 0.3) is 0 Å². The molecule has 6 heteroatoms. The van der Waals surface area contributed by atoms with Crippen LogP contribution in [0.2, 0.25) is 0 Å². The van der Waals surface area contributed by atoms with E-state index in [2.05, 4.69) is 16.9 Å². The third-order valence-electron chi connectivity index (χ3n) is 5.41. The van der Waals surface area contributed by atoms with Gasteiger partial charge < -0.3 is 18.9 Å². The summed E-state index contributed by atoms with van der Waals surface area (Å²) in [7, 11) is 1.41. The van der Waals surface area contributed by atoms with Crippen LogP contribution in [0.5, 0.6) is 0 Å². The number of ether oxygens (including phenoxy) is 4. The van der Waals surface area contributed by atoms with Gasteiger partial charge in [0.2, 0.25) is 0 Å². The summed E-state index contributed by atoms with van der Waals surface area (Å²) in [5.41, 5.74) is 0. The summed E-state index contributed by atoms with van der Waals surface area (Å²) in [6.45, 7) is 2.91. The van der Waals surface area contributed by atoms with Crippen molar-refractivity contribution in [3.05, 3.63) is 12.2 Å². The summed E-state index contributed by atoms with van der Waals surface area (Å²) in [6.07, 6.45) is 12.2. The molecule has 1 heterocycles. The maximum Gasteiger partial charge on any atom is 0.305 e. The molecule has 27 heavy (non-hydrogen) atoms. The minimum Gasteiger partial charge on any atom is -0.469 e. The summed E-state index contributed by atoms with van der Waals surface area (Å²) in [5.74, 6) is 0.259. The van der Waals surface area contributed by atoms with Gasteiger partial charge >= 0.3 is 11.9 Å². The normalized spacial score (nSPS) is 28.4. The fraction of sp³-hybridized carbons (Fsp3) is 0.810. The highest BCUT2D eigenvalue weighted by Crippen LogP contribution is 2.37. The van der Waals surface area contributed by atoms with Crippen molar-refractivity contribution in [1.29, 1.82) is 0 Å². The summed E-state index contributed by atoms with van der Waals surface area (Å²) in [5, 5.41) is 0. The molecule has 0 aromatic carbocycles. The average Bonchev–Trinajstić information content (AvgIpc) is 3.04. The molecular weight excluding hydrogens is 348 g/mol. The third-order valence-corrected chi connectivity index (χ3v) is 5.41. The molecule has 0 radical (unpaired) electrons. The minimum absolute atomic E-state index is 0.0388. The molecule has 1 unspecified atom stereocenters. The smallest absolute Gasteiger partial charge is 0.305 e. The number of methoxy groups -OCH3 is 1. The van der Waals surface area contributed by atoms with E-state index in [0.29, 0.717) is 18.9 Å². The number of allylic oxidation sites excluding steroid dienone is 2. The average molecular weight is 382 g/mol. The van der Waals surface area contributed by atoms with Gasteiger partial charge in [-0.3, -0.25) is 9.59 Å². The first kappa shape index (κ1) is 21.9. The summed E-state index contributed by atoms with van der Waals surface area (Å²) in [6, 6.07) is 0. The Bertz CT molecular complexity index is 483. The van der Waals surface area contributed by atoms with Crippen molar-refractivity contribution < 1.29 is 28.5 Å². The SMILES string of the molecule is COC(=O)CCCC=CC[C@@H]1[C@H](COC2CCCCO2)CC[C@@H]1OC(C)=O. The van der Waals surface area contributed by atoms with Crippen LogP contribution in [0, 0.1) is 11.8 Å². The maximum atomic E-state index is 11.4. The predicted octanol–water partition coefficient (Wildman–Crippen LogP) is 3.78. The Balaban J connectivity index is 1.79. The lowest BCUT2D eigenvalue weighted by molar-refractivity contribution is -0.172. The molecule has 1 aliphatic heterocycles. The molecule has 1 saturated carbocycles. The Morgan fingerprint density at radius 1 is 1.15 bits per heavy atom. The fourth-order valence-corrected chi connectivity index (χ4v) is 3.93. The molecule has 0 amide bonds. The van der Waals surface area contributed by atoms with E-state index >= 15 is 0 Å².